The van der Waals surface area contributed by atoms with Crippen LogP contribution in [0.3, 0.4) is 0 Å². The normalized spacial score (nSPS) is 16.0. The van der Waals surface area contributed by atoms with E-state index in [4.69, 9.17) is 0 Å². The molecule has 1 amide bonds. The standard InChI is InChI=1S/C37H64N8O7/c1-7-45(38-4)33-13-12-31(25-32(33)30(2)3)11-8-9-14-39(5)15-10-16-40(6)34(46)26-41-17-19-42(27-35(47)48)21-23-44(29-37(51)52)24-22-43(20-18-41)28-36(49)50/h12-13,25,30H,4,7-11,14-24,26-29H2,1-3,5-6H3,(H,47,48)(H,49,50)(H,51,52). The van der Waals surface area contributed by atoms with E-state index in [1.54, 1.807) is 26.6 Å². The molecule has 0 unspecified atom stereocenters. The van der Waals surface area contributed by atoms with E-state index in [1.165, 1.54) is 11.1 Å². The van der Waals surface area contributed by atoms with Crippen LogP contribution < -0.4 is 5.01 Å². The number of hydrazone groups is 1. The van der Waals surface area contributed by atoms with Crippen LogP contribution in [0.5, 0.6) is 0 Å². The van der Waals surface area contributed by atoms with Crippen molar-refractivity contribution < 1.29 is 34.5 Å². The summed E-state index contributed by atoms with van der Waals surface area (Å²) in [5.74, 6) is -2.61. The Kier molecular flexibility index (Phi) is 20.4. The Morgan fingerprint density at radius 2 is 1.19 bits per heavy atom. The Bertz CT molecular complexity index is 1250. The summed E-state index contributed by atoms with van der Waals surface area (Å²) in [7, 11) is 3.91. The van der Waals surface area contributed by atoms with E-state index in [9.17, 15) is 34.5 Å². The molecule has 0 bridgehead atoms. The maximum atomic E-state index is 13.3. The predicted molar refractivity (Wildman–Crippen MR) is 204 cm³/mol. The Labute approximate surface area is 310 Å². The van der Waals surface area contributed by atoms with Crippen LogP contribution in [-0.4, -0.2) is 194 Å². The molecular formula is C37H64N8O7. The Balaban J connectivity index is 1.87. The first-order valence-corrected chi connectivity index (χ1v) is 18.6. The first-order chi connectivity index (χ1) is 24.7. The Morgan fingerprint density at radius 3 is 1.62 bits per heavy atom. The zero-order valence-electron chi connectivity index (χ0n) is 32.2. The van der Waals surface area contributed by atoms with Crippen LogP contribution in [0.4, 0.5) is 5.69 Å². The van der Waals surface area contributed by atoms with Crippen molar-refractivity contribution in [3.8, 4) is 0 Å². The van der Waals surface area contributed by atoms with Crippen LogP contribution in [0.2, 0.25) is 0 Å². The fourth-order valence-electron chi connectivity index (χ4n) is 6.43. The van der Waals surface area contributed by atoms with Crippen molar-refractivity contribution in [2.45, 2.75) is 52.4 Å². The van der Waals surface area contributed by atoms with Gasteiger partial charge in [-0.1, -0.05) is 26.0 Å². The molecule has 1 aliphatic rings. The van der Waals surface area contributed by atoms with E-state index in [2.05, 4.69) is 62.7 Å². The van der Waals surface area contributed by atoms with Gasteiger partial charge in [-0.05, 0) is 75.9 Å². The van der Waals surface area contributed by atoms with Gasteiger partial charge in [-0.2, -0.15) is 5.10 Å². The van der Waals surface area contributed by atoms with Crippen molar-refractivity contribution >= 4 is 36.2 Å². The highest BCUT2D eigenvalue weighted by molar-refractivity contribution is 5.78. The molecule has 2 rings (SSSR count). The third-order valence-electron chi connectivity index (χ3n) is 9.54. The van der Waals surface area contributed by atoms with Crippen molar-refractivity contribution in [2.75, 3.05) is 124 Å². The molecule has 3 N–H and O–H groups in total. The molecule has 1 aliphatic heterocycles. The third-order valence-corrected chi connectivity index (χ3v) is 9.54. The molecule has 1 aromatic carbocycles. The number of aryl methyl sites for hydroxylation is 1. The maximum Gasteiger partial charge on any atom is 0.317 e. The maximum absolute atomic E-state index is 13.3. The number of rotatable bonds is 21. The molecule has 1 fully saturated rings. The number of carbonyl (C=O) groups is 4. The number of aliphatic carboxylic acids is 3. The fourth-order valence-corrected chi connectivity index (χ4v) is 6.43. The molecule has 294 valence electrons. The van der Waals surface area contributed by atoms with E-state index >= 15 is 0 Å². The molecule has 1 heterocycles. The molecule has 0 aromatic heterocycles. The summed E-state index contributed by atoms with van der Waals surface area (Å²) < 4.78 is 0. The van der Waals surface area contributed by atoms with Crippen LogP contribution in [0.15, 0.2) is 23.3 Å². The van der Waals surface area contributed by atoms with Crippen LogP contribution in [-0.2, 0) is 25.6 Å². The molecule has 0 saturated carbocycles. The zero-order chi connectivity index (χ0) is 38.6. The van der Waals surface area contributed by atoms with Gasteiger partial charge in [-0.25, -0.2) is 0 Å². The number of amides is 1. The van der Waals surface area contributed by atoms with E-state index in [0.717, 1.165) is 51.0 Å². The van der Waals surface area contributed by atoms with Gasteiger partial charge in [-0.3, -0.25) is 43.8 Å². The largest absolute Gasteiger partial charge is 0.480 e. The van der Waals surface area contributed by atoms with Crippen LogP contribution in [0.25, 0.3) is 0 Å². The minimum atomic E-state index is -0.998. The van der Waals surface area contributed by atoms with Crippen molar-refractivity contribution in [3.05, 3.63) is 29.3 Å². The van der Waals surface area contributed by atoms with E-state index in [-0.39, 0.29) is 32.1 Å². The number of hydrogen-bond donors (Lipinski definition) is 3. The average molecular weight is 733 g/mol. The van der Waals surface area contributed by atoms with Crippen molar-refractivity contribution in [2.24, 2.45) is 5.10 Å². The second kappa shape index (κ2) is 23.8. The van der Waals surface area contributed by atoms with Gasteiger partial charge in [0, 0.05) is 79.2 Å². The number of hydrogen-bond acceptors (Lipinski definition) is 11. The number of benzene rings is 1. The van der Waals surface area contributed by atoms with Crippen molar-refractivity contribution in [3.63, 3.8) is 0 Å². The van der Waals surface area contributed by atoms with Gasteiger partial charge in [0.15, 0.2) is 0 Å². The lowest BCUT2D eigenvalue weighted by molar-refractivity contribution is -0.140. The lowest BCUT2D eigenvalue weighted by atomic mass is 9.96. The minimum Gasteiger partial charge on any atom is -0.480 e. The number of likely N-dealkylation sites (N-methyl/N-ethyl adjacent to an activating group) is 1. The first-order valence-electron chi connectivity index (χ1n) is 18.6. The zero-order valence-corrected chi connectivity index (χ0v) is 32.2. The summed E-state index contributed by atoms with van der Waals surface area (Å²) in [5.41, 5.74) is 3.74. The molecule has 0 aliphatic carbocycles. The van der Waals surface area contributed by atoms with Gasteiger partial charge in [0.05, 0.1) is 31.9 Å². The highest BCUT2D eigenvalue weighted by atomic mass is 16.4. The summed E-state index contributed by atoms with van der Waals surface area (Å²) in [6, 6.07) is 6.66. The summed E-state index contributed by atoms with van der Waals surface area (Å²) in [6.45, 7) is 15.9. The summed E-state index contributed by atoms with van der Waals surface area (Å²) >= 11 is 0. The summed E-state index contributed by atoms with van der Waals surface area (Å²) in [5, 5.41) is 34.4. The van der Waals surface area contributed by atoms with Crippen LogP contribution >= 0.6 is 0 Å². The van der Waals surface area contributed by atoms with Crippen LogP contribution in [0.1, 0.15) is 57.1 Å². The molecule has 1 aromatic rings. The van der Waals surface area contributed by atoms with Gasteiger partial charge in [0.25, 0.3) is 0 Å². The lowest BCUT2D eigenvalue weighted by Crippen LogP contribution is -2.50. The topological polar surface area (TPSA) is 164 Å². The summed E-state index contributed by atoms with van der Waals surface area (Å²) in [6.07, 6.45) is 4.00. The fraction of sp³-hybridized carbons (Fsp3) is 0.703. The van der Waals surface area contributed by atoms with Gasteiger partial charge in [0.1, 0.15) is 0 Å². The van der Waals surface area contributed by atoms with Gasteiger partial charge in [-0.15, -0.1) is 0 Å². The second-order valence-electron chi connectivity index (χ2n) is 14.1. The highest BCUT2D eigenvalue weighted by Gasteiger charge is 2.22. The lowest BCUT2D eigenvalue weighted by Gasteiger charge is -2.33. The molecule has 1 saturated heterocycles. The minimum absolute atomic E-state index is 0.0466. The Hall–Kier alpha value is -3.63. The average Bonchev–Trinajstić information content (AvgIpc) is 3.07. The van der Waals surface area contributed by atoms with Crippen molar-refractivity contribution in [1.82, 2.24) is 29.4 Å². The molecule has 15 nitrogen and oxygen atoms in total. The van der Waals surface area contributed by atoms with E-state index < -0.39 is 17.9 Å². The number of carbonyl (C=O) groups excluding carboxylic acids is 1. The second-order valence-corrected chi connectivity index (χ2v) is 14.1. The molecule has 0 spiro atoms. The molecule has 0 atom stereocenters. The monoisotopic (exact) mass is 732 g/mol. The van der Waals surface area contributed by atoms with Crippen LogP contribution in [0, 0.1) is 0 Å². The number of unbranched alkanes of at least 4 members (excludes halogenated alkanes) is 1. The predicted octanol–water partition coefficient (Wildman–Crippen LogP) is 1.83. The molecule has 15 heteroatoms. The number of carboxylic acids is 3. The van der Waals surface area contributed by atoms with Gasteiger partial charge < -0.3 is 25.1 Å². The number of anilines is 1. The number of nitrogens with zero attached hydrogens (tertiary/aromatic N) is 8. The highest BCUT2D eigenvalue weighted by Crippen LogP contribution is 2.29. The Morgan fingerprint density at radius 1 is 0.731 bits per heavy atom. The smallest absolute Gasteiger partial charge is 0.317 e. The first kappa shape index (κ1) is 44.5. The number of carboxylic acid groups (broad SMARTS) is 3. The molecule has 0 radical (unpaired) electrons. The van der Waals surface area contributed by atoms with Crippen molar-refractivity contribution in [1.29, 1.82) is 0 Å². The van der Waals surface area contributed by atoms with E-state index in [1.807, 2.05) is 9.91 Å². The van der Waals surface area contributed by atoms with E-state index in [0.29, 0.717) is 64.8 Å². The van der Waals surface area contributed by atoms with Gasteiger partial charge in [0.2, 0.25) is 5.91 Å². The SMILES string of the molecule is C=NN(CC)c1ccc(CCCCN(C)CCCN(C)C(=O)CN2CCN(CC(=O)O)CCN(CC(=O)O)CCN(CC(=O)O)CC2)cc1C(C)C. The molecule has 52 heavy (non-hydrogen) atoms. The third kappa shape index (κ3) is 17.3. The van der Waals surface area contributed by atoms with Gasteiger partial charge >= 0.3 is 17.9 Å². The molecular weight excluding hydrogens is 668 g/mol. The summed E-state index contributed by atoms with van der Waals surface area (Å²) in [4.78, 5) is 59.0. The quantitative estimate of drug-likeness (QED) is 0.0954.